The Hall–Kier alpha value is -3.10. The van der Waals surface area contributed by atoms with Crippen molar-refractivity contribution >= 4 is 40.2 Å². The second kappa shape index (κ2) is 6.01. The highest BCUT2D eigenvalue weighted by Crippen LogP contribution is 2.25. The molecule has 0 unspecified atom stereocenters. The van der Waals surface area contributed by atoms with Crippen LogP contribution in [0, 0.1) is 0 Å². The molecule has 0 radical (unpaired) electrons. The zero-order valence-electron chi connectivity index (χ0n) is 14.4. The predicted octanol–water partition coefficient (Wildman–Crippen LogP) is 3.12. The number of hydrogen-bond donors (Lipinski definition) is 1. The van der Waals surface area contributed by atoms with Crippen LogP contribution in [0.5, 0.6) is 0 Å². The number of rotatable bonds is 2. The highest BCUT2D eigenvalue weighted by atomic mass is 28.3. The molecule has 0 fully saturated rings. The molecule has 1 nitrogen and oxygen atoms in total. The quantitative estimate of drug-likeness (QED) is 0.483. The molecule has 0 spiro atoms. The van der Waals surface area contributed by atoms with Gasteiger partial charge in [0.1, 0.15) is 0 Å². The molecule has 1 aliphatic heterocycles. The zero-order chi connectivity index (χ0) is 17.4. The number of benzene rings is 4. The number of anilines is 2. The molecule has 0 saturated carbocycles. The molecule has 0 aromatic heterocycles. The van der Waals surface area contributed by atoms with E-state index in [4.69, 9.17) is 0 Å². The molecule has 124 valence electrons. The molecule has 0 atom stereocenters. The van der Waals surface area contributed by atoms with Crippen molar-refractivity contribution < 1.29 is 0 Å². The first-order valence-corrected chi connectivity index (χ1v) is 11.0. The monoisotopic (exact) mass is 349 g/mol. The van der Waals surface area contributed by atoms with E-state index in [1.807, 2.05) is 0 Å². The van der Waals surface area contributed by atoms with Gasteiger partial charge in [-0.2, -0.15) is 0 Å². The summed E-state index contributed by atoms with van der Waals surface area (Å²) < 4.78 is 0. The maximum Gasteiger partial charge on any atom is 0.183 e. The van der Waals surface area contributed by atoms with Crippen LogP contribution in [0.2, 0.25) is 0 Å². The minimum atomic E-state index is -2.34. The van der Waals surface area contributed by atoms with E-state index < -0.39 is 8.07 Å². The first kappa shape index (κ1) is 15.2. The summed E-state index contributed by atoms with van der Waals surface area (Å²) in [6, 6.07) is 39.7. The molecule has 0 bridgehead atoms. The van der Waals surface area contributed by atoms with Gasteiger partial charge in [-0.05, 0) is 32.9 Å². The van der Waals surface area contributed by atoms with Crippen LogP contribution in [-0.2, 0) is 0 Å². The van der Waals surface area contributed by atoms with E-state index >= 15 is 0 Å². The summed E-state index contributed by atoms with van der Waals surface area (Å²) in [5, 5.41) is 9.37. The van der Waals surface area contributed by atoms with E-state index in [1.165, 1.54) is 32.1 Å². The van der Waals surface area contributed by atoms with Gasteiger partial charge in [-0.15, -0.1) is 0 Å². The molecule has 4 aromatic carbocycles. The summed E-state index contributed by atoms with van der Waals surface area (Å²) in [6.07, 6.45) is 0. The molecular formula is C24H19NSi. The van der Waals surface area contributed by atoms with Gasteiger partial charge >= 0.3 is 0 Å². The Morgan fingerprint density at radius 2 is 0.808 bits per heavy atom. The van der Waals surface area contributed by atoms with Crippen LogP contribution in [0.25, 0.3) is 0 Å². The summed E-state index contributed by atoms with van der Waals surface area (Å²) in [6.45, 7) is 0. The van der Waals surface area contributed by atoms with Gasteiger partial charge in [-0.1, -0.05) is 97.1 Å². The van der Waals surface area contributed by atoms with Crippen LogP contribution in [0.15, 0.2) is 109 Å². The van der Waals surface area contributed by atoms with Gasteiger partial charge in [-0.3, -0.25) is 0 Å². The average molecular weight is 350 g/mol. The lowest BCUT2D eigenvalue weighted by molar-refractivity contribution is 1.55. The highest BCUT2D eigenvalue weighted by Gasteiger charge is 2.46. The van der Waals surface area contributed by atoms with Gasteiger partial charge in [-0.25, -0.2) is 0 Å². The standard InChI is InChI=1S/C24H19NSi/c1-3-11-19(12-4-1)26(20-13-5-2-6-14-20)23-17-9-7-15-21(23)25-22-16-8-10-18-24(22)26/h1-18,25H. The summed E-state index contributed by atoms with van der Waals surface area (Å²) in [7, 11) is -2.34. The lowest BCUT2D eigenvalue weighted by atomic mass is 10.2. The lowest BCUT2D eigenvalue weighted by Gasteiger charge is -2.40. The average Bonchev–Trinajstić information content (AvgIpc) is 2.73. The predicted molar refractivity (Wildman–Crippen MR) is 113 cm³/mol. The van der Waals surface area contributed by atoms with E-state index in [0.29, 0.717) is 0 Å². The smallest absolute Gasteiger partial charge is 0.183 e. The third-order valence-electron chi connectivity index (χ3n) is 5.35. The maximum absolute atomic E-state index is 3.67. The van der Waals surface area contributed by atoms with Crippen molar-refractivity contribution in [1.29, 1.82) is 0 Å². The second-order valence-electron chi connectivity index (χ2n) is 6.70. The third kappa shape index (κ3) is 2.09. The van der Waals surface area contributed by atoms with Crippen molar-refractivity contribution in [2.75, 3.05) is 5.32 Å². The fraction of sp³-hybridized carbons (Fsp3) is 0. The van der Waals surface area contributed by atoms with Gasteiger partial charge in [0.05, 0.1) is 0 Å². The summed E-state index contributed by atoms with van der Waals surface area (Å²) in [4.78, 5) is 0. The lowest BCUT2D eigenvalue weighted by Crippen LogP contribution is -2.76. The molecule has 1 aliphatic rings. The SMILES string of the molecule is c1ccc([Si]2(c3ccccc3)c3ccccc3Nc3ccccc32)cc1. The van der Waals surface area contributed by atoms with Crippen molar-refractivity contribution in [2.45, 2.75) is 0 Å². The number of fused-ring (bicyclic) bond motifs is 2. The Labute approximate surface area is 155 Å². The molecule has 0 aliphatic carbocycles. The molecule has 0 amide bonds. The van der Waals surface area contributed by atoms with E-state index in [0.717, 1.165) is 0 Å². The minimum Gasteiger partial charge on any atom is -0.356 e. The highest BCUT2D eigenvalue weighted by molar-refractivity contribution is 7.21. The van der Waals surface area contributed by atoms with Crippen molar-refractivity contribution in [3.63, 3.8) is 0 Å². The van der Waals surface area contributed by atoms with E-state index in [1.54, 1.807) is 0 Å². The van der Waals surface area contributed by atoms with Gasteiger partial charge in [0.25, 0.3) is 0 Å². The Morgan fingerprint density at radius 1 is 0.423 bits per heavy atom. The zero-order valence-corrected chi connectivity index (χ0v) is 15.4. The number of para-hydroxylation sites is 2. The van der Waals surface area contributed by atoms with Crippen LogP contribution in [-0.4, -0.2) is 8.07 Å². The molecule has 1 N–H and O–H groups in total. The Kier molecular flexibility index (Phi) is 3.51. The first-order chi connectivity index (χ1) is 12.9. The molecule has 4 aromatic rings. The fourth-order valence-electron chi connectivity index (χ4n) is 4.29. The maximum atomic E-state index is 3.67. The molecule has 0 saturated heterocycles. The second-order valence-corrected chi connectivity index (χ2v) is 10.4. The minimum absolute atomic E-state index is 1.23. The van der Waals surface area contributed by atoms with E-state index in [-0.39, 0.29) is 0 Å². The van der Waals surface area contributed by atoms with E-state index in [2.05, 4.69) is 115 Å². The van der Waals surface area contributed by atoms with Crippen LogP contribution in [0.4, 0.5) is 11.4 Å². The molecule has 26 heavy (non-hydrogen) atoms. The summed E-state index contributed by atoms with van der Waals surface area (Å²) in [5.74, 6) is 0. The van der Waals surface area contributed by atoms with Crippen LogP contribution >= 0.6 is 0 Å². The Bertz CT molecular complexity index is 971. The van der Waals surface area contributed by atoms with Crippen molar-refractivity contribution in [3.8, 4) is 0 Å². The number of nitrogens with one attached hydrogen (secondary N) is 1. The van der Waals surface area contributed by atoms with Gasteiger partial charge in [0.15, 0.2) is 8.07 Å². The van der Waals surface area contributed by atoms with Crippen molar-refractivity contribution in [1.82, 2.24) is 0 Å². The van der Waals surface area contributed by atoms with Crippen LogP contribution in [0.1, 0.15) is 0 Å². The van der Waals surface area contributed by atoms with Crippen LogP contribution < -0.4 is 26.1 Å². The van der Waals surface area contributed by atoms with Gasteiger partial charge in [0.2, 0.25) is 0 Å². The third-order valence-corrected chi connectivity index (χ3v) is 10.2. The van der Waals surface area contributed by atoms with E-state index in [9.17, 15) is 0 Å². The molecule has 1 heterocycles. The summed E-state index contributed by atoms with van der Waals surface area (Å²) >= 11 is 0. The first-order valence-electron chi connectivity index (χ1n) is 8.98. The van der Waals surface area contributed by atoms with Crippen molar-refractivity contribution in [2.24, 2.45) is 0 Å². The number of hydrogen-bond acceptors (Lipinski definition) is 1. The molecule has 2 heteroatoms. The fourth-order valence-corrected chi connectivity index (χ4v) is 9.34. The van der Waals surface area contributed by atoms with Crippen molar-refractivity contribution in [3.05, 3.63) is 109 Å². The Morgan fingerprint density at radius 3 is 1.27 bits per heavy atom. The Balaban J connectivity index is 1.97. The van der Waals surface area contributed by atoms with Gasteiger partial charge in [0, 0.05) is 11.4 Å². The molecule has 5 rings (SSSR count). The summed E-state index contributed by atoms with van der Waals surface area (Å²) in [5.41, 5.74) is 2.45. The largest absolute Gasteiger partial charge is 0.356 e. The van der Waals surface area contributed by atoms with Crippen LogP contribution in [0.3, 0.4) is 0 Å². The van der Waals surface area contributed by atoms with Gasteiger partial charge < -0.3 is 5.32 Å². The normalized spacial score (nSPS) is 14.0. The molecular weight excluding hydrogens is 330 g/mol. The topological polar surface area (TPSA) is 12.0 Å².